The third kappa shape index (κ3) is 3.29. The van der Waals surface area contributed by atoms with Crippen LogP contribution < -0.4 is 5.73 Å². The van der Waals surface area contributed by atoms with E-state index in [1.165, 1.54) is 18.2 Å². The summed E-state index contributed by atoms with van der Waals surface area (Å²) in [5, 5.41) is -0.0152. The van der Waals surface area contributed by atoms with Crippen LogP contribution >= 0.6 is 11.6 Å². The maximum Gasteiger partial charge on any atom is 0.141 e. The Kier molecular flexibility index (Phi) is 4.72. The summed E-state index contributed by atoms with van der Waals surface area (Å²) in [5.74, 6) is 0.0893. The zero-order chi connectivity index (χ0) is 13.1. The average molecular weight is 292 g/mol. The van der Waals surface area contributed by atoms with Crippen molar-refractivity contribution in [3.05, 3.63) is 29.0 Å². The van der Waals surface area contributed by atoms with Gasteiger partial charge in [0.25, 0.3) is 0 Å². The van der Waals surface area contributed by atoms with E-state index in [1.807, 2.05) is 0 Å². The fourth-order valence-electron chi connectivity index (χ4n) is 1.92. The highest BCUT2D eigenvalue weighted by molar-refractivity contribution is 7.85. The smallest absolute Gasteiger partial charge is 0.141 e. The molecule has 1 saturated heterocycles. The Morgan fingerprint density at radius 3 is 3.00 bits per heavy atom. The Balaban J connectivity index is 2.00. The zero-order valence-corrected chi connectivity index (χ0v) is 11.3. The molecule has 0 aromatic heterocycles. The molecule has 0 amide bonds. The Hall–Kier alpha value is -0.490. The molecule has 3 nitrogen and oxygen atoms in total. The molecule has 0 saturated carbocycles. The zero-order valence-electron chi connectivity index (χ0n) is 9.77. The standard InChI is InChI=1S/C12H15ClFNO2S/c13-10-5-9(1-2-11(10)14)18(16)7-12(15)8-3-4-17-6-8/h1-2,5,8,12H,3-4,6-7,15H2. The minimum absolute atomic E-state index is 0.0152. The van der Waals surface area contributed by atoms with Crippen LogP contribution in [0.1, 0.15) is 6.42 Å². The van der Waals surface area contributed by atoms with Gasteiger partial charge in [-0.3, -0.25) is 4.21 Å². The first-order chi connectivity index (χ1) is 8.58. The lowest BCUT2D eigenvalue weighted by atomic mass is 10.0. The van der Waals surface area contributed by atoms with Crippen LogP contribution in [-0.2, 0) is 15.5 Å². The second-order valence-corrected chi connectivity index (χ2v) is 6.28. The fraction of sp³-hybridized carbons (Fsp3) is 0.500. The van der Waals surface area contributed by atoms with Crippen LogP contribution in [0.3, 0.4) is 0 Å². The van der Waals surface area contributed by atoms with Crippen LogP contribution in [0.15, 0.2) is 23.1 Å². The normalized spacial score (nSPS) is 22.9. The predicted octanol–water partition coefficient (Wildman–Crippen LogP) is 1.95. The van der Waals surface area contributed by atoms with Gasteiger partial charge in [0.05, 0.1) is 22.4 Å². The molecule has 2 N–H and O–H groups in total. The molecule has 1 aromatic rings. The van der Waals surface area contributed by atoms with Crippen LogP contribution in [0.25, 0.3) is 0 Å². The van der Waals surface area contributed by atoms with E-state index in [2.05, 4.69) is 0 Å². The van der Waals surface area contributed by atoms with Crippen molar-refractivity contribution in [3.8, 4) is 0 Å². The molecule has 2 rings (SSSR count). The predicted molar refractivity (Wildman–Crippen MR) is 69.6 cm³/mol. The van der Waals surface area contributed by atoms with Crippen LogP contribution in [-0.4, -0.2) is 29.2 Å². The second-order valence-electron chi connectivity index (χ2n) is 4.38. The van der Waals surface area contributed by atoms with Crippen molar-refractivity contribution in [1.29, 1.82) is 0 Å². The molecule has 1 aliphatic heterocycles. The molecule has 3 unspecified atom stereocenters. The lowest BCUT2D eigenvalue weighted by Crippen LogP contribution is -2.35. The molecular formula is C12H15ClFNO2S. The number of nitrogens with two attached hydrogens (primary N) is 1. The minimum atomic E-state index is -1.26. The average Bonchev–Trinajstić information content (AvgIpc) is 2.86. The molecule has 6 heteroatoms. The van der Waals surface area contributed by atoms with Crippen molar-refractivity contribution in [3.63, 3.8) is 0 Å². The van der Waals surface area contributed by atoms with Gasteiger partial charge in [-0.1, -0.05) is 11.6 Å². The molecule has 0 aliphatic carbocycles. The molecule has 1 aliphatic rings. The van der Waals surface area contributed by atoms with Gasteiger partial charge in [-0.2, -0.15) is 0 Å². The van der Waals surface area contributed by atoms with Gasteiger partial charge in [-0.05, 0) is 24.6 Å². The van der Waals surface area contributed by atoms with Gasteiger partial charge in [0.2, 0.25) is 0 Å². The first kappa shape index (κ1) is 13.9. The van der Waals surface area contributed by atoms with Crippen molar-refractivity contribution in [2.45, 2.75) is 17.4 Å². The van der Waals surface area contributed by atoms with Crippen molar-refractivity contribution in [2.24, 2.45) is 11.7 Å². The van der Waals surface area contributed by atoms with Gasteiger partial charge in [-0.15, -0.1) is 0 Å². The van der Waals surface area contributed by atoms with E-state index in [0.717, 1.165) is 6.42 Å². The van der Waals surface area contributed by atoms with Gasteiger partial charge in [-0.25, -0.2) is 4.39 Å². The molecular weight excluding hydrogens is 277 g/mol. The van der Waals surface area contributed by atoms with Gasteiger partial charge in [0.15, 0.2) is 0 Å². The molecule has 0 radical (unpaired) electrons. The van der Waals surface area contributed by atoms with E-state index < -0.39 is 16.6 Å². The first-order valence-corrected chi connectivity index (χ1v) is 7.44. The third-order valence-corrected chi connectivity index (χ3v) is 4.83. The summed E-state index contributed by atoms with van der Waals surface area (Å²) in [7, 11) is -1.26. The molecule has 3 atom stereocenters. The molecule has 1 fully saturated rings. The number of rotatable bonds is 4. The van der Waals surface area contributed by atoms with E-state index in [0.29, 0.717) is 23.9 Å². The number of hydrogen-bond donors (Lipinski definition) is 1. The number of halogens is 2. The number of hydrogen-bond acceptors (Lipinski definition) is 3. The molecule has 100 valence electrons. The van der Waals surface area contributed by atoms with Crippen molar-refractivity contribution in [1.82, 2.24) is 0 Å². The van der Waals surface area contributed by atoms with E-state index in [1.54, 1.807) is 0 Å². The summed E-state index contributed by atoms with van der Waals surface area (Å²) < 4.78 is 30.3. The van der Waals surface area contributed by atoms with Crippen molar-refractivity contribution in [2.75, 3.05) is 19.0 Å². The van der Waals surface area contributed by atoms with Crippen molar-refractivity contribution < 1.29 is 13.3 Å². The highest BCUT2D eigenvalue weighted by Gasteiger charge is 2.24. The second kappa shape index (κ2) is 6.10. The van der Waals surface area contributed by atoms with Gasteiger partial charge < -0.3 is 10.5 Å². The largest absolute Gasteiger partial charge is 0.381 e. The molecule has 0 bridgehead atoms. The van der Waals surface area contributed by atoms with E-state index in [4.69, 9.17) is 22.1 Å². The van der Waals surface area contributed by atoms with Crippen LogP contribution in [0.5, 0.6) is 0 Å². The van der Waals surface area contributed by atoms with Gasteiger partial charge in [0, 0.05) is 29.2 Å². The van der Waals surface area contributed by atoms with Crippen molar-refractivity contribution >= 4 is 22.4 Å². The summed E-state index contributed by atoms with van der Waals surface area (Å²) in [6.07, 6.45) is 0.905. The number of benzene rings is 1. The van der Waals surface area contributed by atoms with E-state index >= 15 is 0 Å². The van der Waals surface area contributed by atoms with Crippen LogP contribution in [0, 0.1) is 11.7 Å². The molecule has 1 aromatic carbocycles. The maximum atomic E-state index is 13.0. The first-order valence-electron chi connectivity index (χ1n) is 5.74. The Morgan fingerprint density at radius 2 is 2.39 bits per heavy atom. The maximum absolute atomic E-state index is 13.0. The topological polar surface area (TPSA) is 52.3 Å². The number of ether oxygens (including phenoxy) is 1. The van der Waals surface area contributed by atoms with Crippen LogP contribution in [0.2, 0.25) is 5.02 Å². The van der Waals surface area contributed by atoms with Gasteiger partial charge >= 0.3 is 0 Å². The van der Waals surface area contributed by atoms with Crippen LogP contribution in [0.4, 0.5) is 4.39 Å². The quantitative estimate of drug-likeness (QED) is 0.922. The molecule has 0 spiro atoms. The highest BCUT2D eigenvalue weighted by Crippen LogP contribution is 2.21. The Morgan fingerprint density at radius 1 is 1.61 bits per heavy atom. The minimum Gasteiger partial charge on any atom is -0.381 e. The lowest BCUT2D eigenvalue weighted by molar-refractivity contribution is 0.182. The summed E-state index contributed by atoms with van der Waals surface area (Å²) in [4.78, 5) is 0.510. The van der Waals surface area contributed by atoms with E-state index in [-0.39, 0.29) is 17.0 Å². The SMILES string of the molecule is NC(CS(=O)c1ccc(F)c(Cl)c1)C1CCOC1. The molecule has 18 heavy (non-hydrogen) atoms. The summed E-state index contributed by atoms with van der Waals surface area (Å²) in [6.45, 7) is 1.34. The monoisotopic (exact) mass is 291 g/mol. The fourth-order valence-corrected chi connectivity index (χ4v) is 3.44. The summed E-state index contributed by atoms with van der Waals surface area (Å²) in [6, 6.07) is 3.93. The summed E-state index contributed by atoms with van der Waals surface area (Å²) in [5.41, 5.74) is 6.01. The Labute approximate surface area is 113 Å². The van der Waals surface area contributed by atoms with E-state index in [9.17, 15) is 8.60 Å². The third-order valence-electron chi connectivity index (χ3n) is 3.07. The van der Waals surface area contributed by atoms with Gasteiger partial charge in [0.1, 0.15) is 5.82 Å². The lowest BCUT2D eigenvalue weighted by Gasteiger charge is -2.17. The molecule has 1 heterocycles. The Bertz CT molecular complexity index is 452. The highest BCUT2D eigenvalue weighted by atomic mass is 35.5. The summed E-state index contributed by atoms with van der Waals surface area (Å²) >= 11 is 5.66.